The third kappa shape index (κ3) is 3.12. The smallest absolute Gasteiger partial charge is 0.247 e. The van der Waals surface area contributed by atoms with Crippen molar-refractivity contribution in [1.82, 2.24) is 29.3 Å². The first-order chi connectivity index (χ1) is 14.2. The van der Waals surface area contributed by atoms with Crippen molar-refractivity contribution >= 4 is 0 Å². The largest absolute Gasteiger partial charge is 0.497 e. The van der Waals surface area contributed by atoms with Gasteiger partial charge < -0.3 is 18.9 Å². The normalized spacial score (nSPS) is 12.9. The van der Waals surface area contributed by atoms with Crippen LogP contribution in [0.3, 0.4) is 0 Å². The predicted octanol–water partition coefficient (Wildman–Crippen LogP) is 2.50. The van der Waals surface area contributed by atoms with Crippen LogP contribution < -0.4 is 10.3 Å². The lowest BCUT2D eigenvalue weighted by molar-refractivity contribution is 0.415. The van der Waals surface area contributed by atoms with Crippen LogP contribution in [0.15, 0.2) is 53.7 Å². The molecule has 4 heterocycles. The monoisotopic (exact) mass is 388 g/mol. The van der Waals surface area contributed by atoms with Crippen LogP contribution >= 0.6 is 0 Å². The van der Waals surface area contributed by atoms with Crippen molar-refractivity contribution in [3.05, 3.63) is 70.9 Å². The summed E-state index contributed by atoms with van der Waals surface area (Å²) in [4.78, 5) is 19.0. The van der Waals surface area contributed by atoms with Crippen molar-refractivity contribution in [2.75, 3.05) is 7.11 Å². The van der Waals surface area contributed by atoms with Crippen LogP contribution in [0.25, 0.3) is 22.5 Å². The van der Waals surface area contributed by atoms with Gasteiger partial charge in [-0.15, -0.1) is 10.2 Å². The average molecular weight is 388 g/mol. The topological polar surface area (TPSA) is 90.6 Å². The number of rotatable bonds is 5. The number of hydrogen-bond acceptors (Lipinski definition) is 5. The van der Waals surface area contributed by atoms with Gasteiger partial charge >= 0.3 is 0 Å². The van der Waals surface area contributed by atoms with Crippen molar-refractivity contribution in [2.24, 2.45) is 0 Å². The molecule has 1 aliphatic rings. The number of aromatic nitrogens is 6. The zero-order valence-corrected chi connectivity index (χ0v) is 16.0. The van der Waals surface area contributed by atoms with Gasteiger partial charge in [0.2, 0.25) is 5.56 Å². The maximum absolute atomic E-state index is 11.6. The summed E-state index contributed by atoms with van der Waals surface area (Å²) in [5, 5.41) is 8.69. The lowest BCUT2D eigenvalue weighted by Gasteiger charge is -2.11. The van der Waals surface area contributed by atoms with E-state index in [1.807, 2.05) is 36.7 Å². The van der Waals surface area contributed by atoms with Crippen molar-refractivity contribution < 1.29 is 4.74 Å². The molecule has 0 fully saturated rings. The van der Waals surface area contributed by atoms with Crippen LogP contribution in [0.5, 0.6) is 5.75 Å². The quantitative estimate of drug-likeness (QED) is 0.567. The Hall–Kier alpha value is -3.68. The Labute approximate surface area is 166 Å². The molecule has 0 saturated carbocycles. The highest BCUT2D eigenvalue weighted by Crippen LogP contribution is 2.32. The van der Waals surface area contributed by atoms with E-state index in [9.17, 15) is 4.79 Å². The summed E-state index contributed by atoms with van der Waals surface area (Å²) in [7, 11) is 1.65. The molecule has 0 unspecified atom stereocenters. The predicted molar refractivity (Wildman–Crippen MR) is 108 cm³/mol. The number of aromatic amines is 1. The van der Waals surface area contributed by atoms with Gasteiger partial charge in [0.1, 0.15) is 11.6 Å². The molecule has 0 spiro atoms. The van der Waals surface area contributed by atoms with E-state index in [4.69, 9.17) is 4.74 Å². The van der Waals surface area contributed by atoms with Gasteiger partial charge in [0.25, 0.3) is 0 Å². The van der Waals surface area contributed by atoms with Crippen LogP contribution in [-0.2, 0) is 19.5 Å². The number of aryl methyl sites for hydroxylation is 1. The van der Waals surface area contributed by atoms with Gasteiger partial charge in [0, 0.05) is 36.4 Å². The second-order valence-electron chi connectivity index (χ2n) is 7.03. The van der Waals surface area contributed by atoms with E-state index in [0.29, 0.717) is 6.54 Å². The number of H-pyrrole nitrogens is 1. The molecule has 8 nitrogen and oxygen atoms in total. The molecular formula is C21H20N6O2. The fourth-order valence-electron chi connectivity index (χ4n) is 3.80. The maximum atomic E-state index is 11.6. The summed E-state index contributed by atoms with van der Waals surface area (Å²) < 4.78 is 9.51. The molecule has 1 N–H and O–H groups in total. The number of imidazole rings is 1. The second-order valence-corrected chi connectivity index (χ2v) is 7.03. The van der Waals surface area contributed by atoms with Crippen molar-refractivity contribution in [1.29, 1.82) is 0 Å². The minimum Gasteiger partial charge on any atom is -0.497 e. The number of methoxy groups -OCH3 is 1. The standard InChI is InChI=1S/C21H20N6O2/c1-29-16-7-4-14(5-8-16)20-21(15-6-9-19(28)22-11-15)26(13-23-20)12-18-25-24-17-3-2-10-27(17)18/h4-9,11,13H,2-3,10,12H2,1H3,(H,22,28). The molecule has 8 heteroatoms. The molecule has 1 aliphatic heterocycles. The maximum Gasteiger partial charge on any atom is 0.247 e. The first-order valence-electron chi connectivity index (χ1n) is 9.52. The molecule has 0 radical (unpaired) electrons. The first-order valence-corrected chi connectivity index (χ1v) is 9.52. The average Bonchev–Trinajstić information content (AvgIpc) is 3.46. The van der Waals surface area contributed by atoms with Crippen molar-refractivity contribution in [3.8, 4) is 28.3 Å². The number of ether oxygens (including phenoxy) is 1. The molecule has 0 atom stereocenters. The van der Waals surface area contributed by atoms with Gasteiger partial charge in [0.15, 0.2) is 5.82 Å². The molecule has 0 aliphatic carbocycles. The Morgan fingerprint density at radius 3 is 2.69 bits per heavy atom. The van der Waals surface area contributed by atoms with Crippen LogP contribution in [-0.4, -0.2) is 36.4 Å². The Kier molecular flexibility index (Phi) is 4.23. The van der Waals surface area contributed by atoms with Crippen molar-refractivity contribution in [2.45, 2.75) is 25.9 Å². The molecule has 1 aromatic carbocycles. The number of fused-ring (bicyclic) bond motifs is 1. The van der Waals surface area contributed by atoms with E-state index >= 15 is 0 Å². The molecule has 29 heavy (non-hydrogen) atoms. The Balaban J connectivity index is 1.61. The summed E-state index contributed by atoms with van der Waals surface area (Å²) in [6.45, 7) is 1.51. The fraction of sp³-hybridized carbons (Fsp3) is 0.238. The lowest BCUT2D eigenvalue weighted by Crippen LogP contribution is -2.09. The fourth-order valence-corrected chi connectivity index (χ4v) is 3.80. The minimum atomic E-state index is -0.138. The van der Waals surface area contributed by atoms with Crippen molar-refractivity contribution in [3.63, 3.8) is 0 Å². The highest BCUT2D eigenvalue weighted by Gasteiger charge is 2.20. The summed E-state index contributed by atoms with van der Waals surface area (Å²) in [6.07, 6.45) is 5.61. The number of hydrogen-bond donors (Lipinski definition) is 1. The molecule has 5 rings (SSSR count). The molecule has 0 bridgehead atoms. The summed E-state index contributed by atoms with van der Waals surface area (Å²) in [5.41, 5.74) is 3.47. The van der Waals surface area contributed by atoms with E-state index in [0.717, 1.165) is 59.3 Å². The Morgan fingerprint density at radius 1 is 1.10 bits per heavy atom. The number of pyridine rings is 1. The molecule has 0 amide bonds. The molecule has 4 aromatic rings. The van der Waals surface area contributed by atoms with Gasteiger partial charge in [-0.2, -0.15) is 0 Å². The van der Waals surface area contributed by atoms with E-state index < -0.39 is 0 Å². The van der Waals surface area contributed by atoms with Gasteiger partial charge in [-0.3, -0.25) is 4.79 Å². The third-order valence-electron chi connectivity index (χ3n) is 5.26. The molecular weight excluding hydrogens is 368 g/mol. The van der Waals surface area contributed by atoms with Crippen LogP contribution in [0.1, 0.15) is 18.1 Å². The highest BCUT2D eigenvalue weighted by molar-refractivity contribution is 5.78. The number of benzene rings is 1. The van der Waals surface area contributed by atoms with E-state index in [1.54, 1.807) is 13.3 Å². The minimum absolute atomic E-state index is 0.138. The first kappa shape index (κ1) is 17.4. The van der Waals surface area contributed by atoms with Gasteiger partial charge in [-0.05, 0) is 36.8 Å². The number of nitrogens with one attached hydrogen (secondary N) is 1. The molecule has 146 valence electrons. The Bertz CT molecular complexity index is 1200. The van der Waals surface area contributed by atoms with Gasteiger partial charge in [-0.1, -0.05) is 0 Å². The van der Waals surface area contributed by atoms with Crippen LogP contribution in [0, 0.1) is 0 Å². The third-order valence-corrected chi connectivity index (χ3v) is 5.26. The summed E-state index contributed by atoms with van der Waals surface area (Å²) in [6, 6.07) is 11.1. The van der Waals surface area contributed by atoms with Crippen LogP contribution in [0.4, 0.5) is 0 Å². The zero-order valence-electron chi connectivity index (χ0n) is 16.0. The molecule has 3 aromatic heterocycles. The van der Waals surface area contributed by atoms with Gasteiger partial charge in [-0.25, -0.2) is 4.98 Å². The second kappa shape index (κ2) is 7.05. The van der Waals surface area contributed by atoms with E-state index in [2.05, 4.69) is 29.3 Å². The number of nitrogens with zero attached hydrogens (tertiary/aromatic N) is 5. The zero-order chi connectivity index (χ0) is 19.8. The Morgan fingerprint density at radius 2 is 1.93 bits per heavy atom. The molecule has 0 saturated heterocycles. The van der Waals surface area contributed by atoms with E-state index in [1.165, 1.54) is 6.07 Å². The SMILES string of the molecule is COc1ccc(-c2ncn(Cc3nnc4n3CCC4)c2-c2ccc(=O)[nH]c2)cc1. The highest BCUT2D eigenvalue weighted by atomic mass is 16.5. The summed E-state index contributed by atoms with van der Waals surface area (Å²) >= 11 is 0. The lowest BCUT2D eigenvalue weighted by atomic mass is 10.1. The van der Waals surface area contributed by atoms with E-state index in [-0.39, 0.29) is 5.56 Å². The van der Waals surface area contributed by atoms with Crippen LogP contribution in [0.2, 0.25) is 0 Å². The summed E-state index contributed by atoms with van der Waals surface area (Å²) in [5.74, 6) is 2.75. The van der Waals surface area contributed by atoms with Gasteiger partial charge in [0.05, 0.1) is 31.4 Å².